The number of hydrogen-bond acceptors (Lipinski definition) is 3. The number of benzene rings is 1. The van der Waals surface area contributed by atoms with Gasteiger partial charge in [0.1, 0.15) is 12.4 Å². The molecule has 18 heavy (non-hydrogen) atoms. The number of nitrogens with two attached hydrogens (primary N) is 1. The smallest absolute Gasteiger partial charge is 0.132 e. The van der Waals surface area contributed by atoms with E-state index in [0.717, 1.165) is 17.0 Å². The third-order valence-electron chi connectivity index (χ3n) is 2.80. The first-order valence-corrected chi connectivity index (χ1v) is 6.03. The first-order valence-electron chi connectivity index (χ1n) is 6.03. The van der Waals surface area contributed by atoms with Gasteiger partial charge in [-0.25, -0.2) is 0 Å². The van der Waals surface area contributed by atoms with Gasteiger partial charge in [0, 0.05) is 24.8 Å². The maximum atomic E-state index is 5.96. The van der Waals surface area contributed by atoms with E-state index >= 15 is 0 Å². The molecule has 0 unspecified atom stereocenters. The number of nitrogens with zero attached hydrogens (tertiary/aromatic N) is 2. The molecule has 1 atom stereocenters. The van der Waals surface area contributed by atoms with Gasteiger partial charge in [0.05, 0.1) is 5.69 Å². The van der Waals surface area contributed by atoms with E-state index in [9.17, 15) is 0 Å². The molecule has 2 rings (SSSR count). The molecule has 0 spiro atoms. The first-order chi connectivity index (χ1) is 8.56. The fourth-order valence-electron chi connectivity index (χ4n) is 1.85. The second-order valence-electron chi connectivity index (χ2n) is 4.60. The van der Waals surface area contributed by atoms with Crippen molar-refractivity contribution >= 4 is 0 Å². The minimum Gasteiger partial charge on any atom is -0.487 e. The molecule has 2 aromatic rings. The van der Waals surface area contributed by atoms with Gasteiger partial charge >= 0.3 is 0 Å². The van der Waals surface area contributed by atoms with Gasteiger partial charge in [-0.15, -0.1) is 0 Å². The van der Waals surface area contributed by atoms with E-state index in [1.54, 1.807) is 4.68 Å². The predicted molar refractivity (Wildman–Crippen MR) is 71.3 cm³/mol. The fraction of sp³-hybridized carbons (Fsp3) is 0.357. The lowest BCUT2D eigenvalue weighted by molar-refractivity contribution is 0.295. The lowest BCUT2D eigenvalue weighted by Gasteiger charge is -2.14. The van der Waals surface area contributed by atoms with Crippen molar-refractivity contribution in [3.05, 3.63) is 47.3 Å². The van der Waals surface area contributed by atoms with Crippen molar-refractivity contribution in [2.75, 3.05) is 0 Å². The molecule has 2 N–H and O–H groups in total. The molecule has 0 saturated heterocycles. The zero-order valence-electron chi connectivity index (χ0n) is 11.1. The molecule has 1 aromatic heterocycles. The summed E-state index contributed by atoms with van der Waals surface area (Å²) in [6.45, 7) is 4.47. The molecule has 4 nitrogen and oxygen atoms in total. The highest BCUT2D eigenvalue weighted by atomic mass is 16.5. The van der Waals surface area contributed by atoms with Crippen LogP contribution in [-0.4, -0.2) is 9.78 Å². The normalized spacial score (nSPS) is 12.4. The van der Waals surface area contributed by atoms with Crippen LogP contribution in [-0.2, 0) is 13.7 Å². The van der Waals surface area contributed by atoms with E-state index in [4.69, 9.17) is 10.5 Å². The topological polar surface area (TPSA) is 53.1 Å². The van der Waals surface area contributed by atoms with Crippen LogP contribution in [0.5, 0.6) is 5.75 Å². The van der Waals surface area contributed by atoms with Crippen molar-refractivity contribution in [2.24, 2.45) is 12.8 Å². The van der Waals surface area contributed by atoms with Gasteiger partial charge in [0.15, 0.2) is 0 Å². The highest BCUT2D eigenvalue weighted by Gasteiger charge is 2.09. The van der Waals surface area contributed by atoms with Gasteiger partial charge in [-0.05, 0) is 26.0 Å². The lowest BCUT2D eigenvalue weighted by Crippen LogP contribution is -2.08. The second-order valence-corrected chi connectivity index (χ2v) is 4.60. The Morgan fingerprint density at radius 1 is 1.39 bits per heavy atom. The largest absolute Gasteiger partial charge is 0.487 e. The van der Waals surface area contributed by atoms with Crippen LogP contribution < -0.4 is 10.5 Å². The molecule has 0 amide bonds. The molecule has 0 aliphatic carbocycles. The number of aryl methyl sites for hydroxylation is 2. The van der Waals surface area contributed by atoms with Gasteiger partial charge in [0.2, 0.25) is 0 Å². The van der Waals surface area contributed by atoms with Crippen molar-refractivity contribution in [3.8, 4) is 5.75 Å². The summed E-state index contributed by atoms with van der Waals surface area (Å²) in [5.41, 5.74) is 9.09. The van der Waals surface area contributed by atoms with Gasteiger partial charge in [-0.3, -0.25) is 4.68 Å². The average Bonchev–Trinajstić information content (AvgIpc) is 2.73. The molecule has 1 aromatic carbocycles. The summed E-state index contributed by atoms with van der Waals surface area (Å²) in [7, 11) is 1.89. The van der Waals surface area contributed by atoms with E-state index in [1.165, 1.54) is 5.56 Å². The van der Waals surface area contributed by atoms with E-state index in [-0.39, 0.29) is 6.04 Å². The molecule has 0 fully saturated rings. The Bertz CT molecular complexity index is 532. The third-order valence-corrected chi connectivity index (χ3v) is 2.80. The quantitative estimate of drug-likeness (QED) is 0.899. The van der Waals surface area contributed by atoms with Gasteiger partial charge in [-0.1, -0.05) is 17.7 Å². The summed E-state index contributed by atoms with van der Waals surface area (Å²) in [6, 6.07) is 7.97. The molecule has 4 heteroatoms. The van der Waals surface area contributed by atoms with Gasteiger partial charge < -0.3 is 10.5 Å². The number of hydrogen-bond donors (Lipinski definition) is 1. The lowest BCUT2D eigenvalue weighted by atomic mass is 10.1. The Kier molecular flexibility index (Phi) is 3.67. The predicted octanol–water partition coefficient (Wildman–Crippen LogP) is 2.33. The molecular weight excluding hydrogens is 226 g/mol. The van der Waals surface area contributed by atoms with Gasteiger partial charge in [-0.2, -0.15) is 5.10 Å². The molecule has 96 valence electrons. The second kappa shape index (κ2) is 5.23. The van der Waals surface area contributed by atoms with Crippen LogP contribution in [0.3, 0.4) is 0 Å². The summed E-state index contributed by atoms with van der Waals surface area (Å²) < 4.78 is 7.56. The Balaban J connectivity index is 2.13. The van der Waals surface area contributed by atoms with Crippen LogP contribution in [0.25, 0.3) is 0 Å². The van der Waals surface area contributed by atoms with E-state index < -0.39 is 0 Å². The number of ether oxygens (including phenoxy) is 1. The minimum absolute atomic E-state index is 0.0383. The van der Waals surface area contributed by atoms with Crippen LogP contribution in [0.2, 0.25) is 0 Å². The SMILES string of the molecule is Cc1ccc(OCc2ccn(C)n2)c([C@H](C)N)c1. The highest BCUT2D eigenvalue weighted by Crippen LogP contribution is 2.25. The zero-order chi connectivity index (χ0) is 13.1. The van der Waals surface area contributed by atoms with Crippen molar-refractivity contribution in [2.45, 2.75) is 26.5 Å². The summed E-state index contributed by atoms with van der Waals surface area (Å²) in [4.78, 5) is 0. The van der Waals surface area contributed by atoms with E-state index in [0.29, 0.717) is 6.61 Å². The van der Waals surface area contributed by atoms with Crippen LogP contribution in [0.15, 0.2) is 30.5 Å². The maximum Gasteiger partial charge on any atom is 0.132 e. The maximum absolute atomic E-state index is 5.96. The Hall–Kier alpha value is -1.81. The van der Waals surface area contributed by atoms with E-state index in [2.05, 4.69) is 18.1 Å². The zero-order valence-corrected chi connectivity index (χ0v) is 11.1. The average molecular weight is 245 g/mol. The molecule has 0 bridgehead atoms. The van der Waals surface area contributed by atoms with Crippen LogP contribution in [0, 0.1) is 6.92 Å². The molecular formula is C14H19N3O. The third kappa shape index (κ3) is 2.90. The van der Waals surface area contributed by atoms with Crippen molar-refractivity contribution in [1.29, 1.82) is 0 Å². The molecule has 0 aliphatic rings. The fourth-order valence-corrected chi connectivity index (χ4v) is 1.85. The highest BCUT2D eigenvalue weighted by molar-refractivity contribution is 5.38. The van der Waals surface area contributed by atoms with Crippen molar-refractivity contribution in [1.82, 2.24) is 9.78 Å². The Morgan fingerprint density at radius 2 is 2.17 bits per heavy atom. The van der Waals surface area contributed by atoms with Crippen molar-refractivity contribution < 1.29 is 4.74 Å². The number of rotatable bonds is 4. The van der Waals surface area contributed by atoms with Crippen LogP contribution in [0.1, 0.15) is 29.8 Å². The Labute approximate surface area is 107 Å². The summed E-state index contributed by atoms with van der Waals surface area (Å²) in [5.74, 6) is 0.834. The van der Waals surface area contributed by atoms with Crippen molar-refractivity contribution in [3.63, 3.8) is 0 Å². The van der Waals surface area contributed by atoms with Crippen LogP contribution in [0.4, 0.5) is 0 Å². The molecule has 0 radical (unpaired) electrons. The molecule has 0 saturated carbocycles. The molecule has 1 heterocycles. The Morgan fingerprint density at radius 3 is 2.78 bits per heavy atom. The summed E-state index contributed by atoms with van der Waals surface area (Å²) in [6.07, 6.45) is 1.90. The summed E-state index contributed by atoms with van der Waals surface area (Å²) in [5, 5.41) is 4.28. The monoisotopic (exact) mass is 245 g/mol. The van der Waals surface area contributed by atoms with Crippen LogP contribution >= 0.6 is 0 Å². The van der Waals surface area contributed by atoms with E-state index in [1.807, 2.05) is 38.4 Å². The minimum atomic E-state index is -0.0383. The van der Waals surface area contributed by atoms with Gasteiger partial charge in [0.25, 0.3) is 0 Å². The standard InChI is InChI=1S/C14H19N3O/c1-10-4-5-14(13(8-10)11(2)15)18-9-12-6-7-17(3)16-12/h4-8,11H,9,15H2,1-3H3/t11-/m0/s1. The molecule has 0 aliphatic heterocycles. The first kappa shape index (κ1) is 12.6. The number of aromatic nitrogens is 2. The summed E-state index contributed by atoms with van der Waals surface area (Å²) >= 11 is 0.